The zero-order chi connectivity index (χ0) is 22.2. The van der Waals surface area contributed by atoms with Crippen LogP contribution in [0.2, 0.25) is 5.02 Å². The number of hydrogen-bond acceptors (Lipinski definition) is 6. The molecule has 164 valence electrons. The Morgan fingerprint density at radius 3 is 1.97 bits per heavy atom. The van der Waals surface area contributed by atoms with Crippen LogP contribution in [0.15, 0.2) is 64.9 Å². The third-order valence-corrected chi connectivity index (χ3v) is 9.83. The van der Waals surface area contributed by atoms with Crippen LogP contribution >= 0.6 is 11.6 Å². The number of sulfone groups is 1. The summed E-state index contributed by atoms with van der Waals surface area (Å²) in [5.41, 5.74) is 1.81. The Hall–Kier alpha value is -2.27. The number of hydrogen-bond donors (Lipinski definition) is 0. The van der Waals surface area contributed by atoms with Gasteiger partial charge < -0.3 is 4.57 Å². The van der Waals surface area contributed by atoms with Crippen molar-refractivity contribution in [2.24, 2.45) is 7.05 Å². The smallest absolute Gasteiger partial charge is 0.249 e. The molecular weight excluding hydrogens is 460 g/mol. The number of aryl methyl sites for hydroxylation is 1. The van der Waals surface area contributed by atoms with Crippen LogP contribution in [0.3, 0.4) is 0 Å². The lowest BCUT2D eigenvalue weighted by atomic mass is 10.1. The summed E-state index contributed by atoms with van der Waals surface area (Å²) in [5.74, 6) is 0. The quantitative estimate of drug-likeness (QED) is 0.556. The van der Waals surface area contributed by atoms with E-state index in [0.717, 1.165) is 11.1 Å². The molecule has 2 heterocycles. The molecule has 0 radical (unpaired) electrons. The van der Waals surface area contributed by atoms with Crippen molar-refractivity contribution in [2.75, 3.05) is 13.1 Å². The van der Waals surface area contributed by atoms with E-state index < -0.39 is 25.1 Å². The van der Waals surface area contributed by atoms with E-state index in [1.807, 2.05) is 12.1 Å². The molecule has 8 nitrogen and oxygen atoms in total. The van der Waals surface area contributed by atoms with Crippen LogP contribution in [0.4, 0.5) is 0 Å². The molecule has 4 rings (SSSR count). The van der Waals surface area contributed by atoms with Crippen LogP contribution in [0, 0.1) is 0 Å². The van der Waals surface area contributed by atoms with Gasteiger partial charge in [0.1, 0.15) is 6.33 Å². The molecular formula is C20H21ClN4O4S2. The summed E-state index contributed by atoms with van der Waals surface area (Å²) in [7, 11) is -5.81. The minimum Gasteiger partial charge on any atom is -0.308 e. The number of aromatic nitrogens is 3. The first kappa shape index (κ1) is 21.9. The highest BCUT2D eigenvalue weighted by molar-refractivity contribution is 7.92. The van der Waals surface area contributed by atoms with Gasteiger partial charge >= 0.3 is 0 Å². The van der Waals surface area contributed by atoms with E-state index in [1.54, 1.807) is 43.4 Å². The summed E-state index contributed by atoms with van der Waals surface area (Å²) in [6.45, 7) is 0.256. The molecule has 2 aromatic carbocycles. The summed E-state index contributed by atoms with van der Waals surface area (Å²) >= 11 is 5.92. The molecule has 11 heteroatoms. The minimum atomic E-state index is -3.71. The van der Waals surface area contributed by atoms with Gasteiger partial charge in [0.15, 0.2) is 0 Å². The highest BCUT2D eigenvalue weighted by Crippen LogP contribution is 2.28. The average Bonchev–Trinajstić information content (AvgIpc) is 3.21. The van der Waals surface area contributed by atoms with Crippen LogP contribution in [0.5, 0.6) is 0 Å². The fourth-order valence-electron chi connectivity index (χ4n) is 3.67. The Morgan fingerprint density at radius 2 is 1.45 bits per heavy atom. The van der Waals surface area contributed by atoms with Gasteiger partial charge in [-0.15, -0.1) is 10.2 Å². The SMILES string of the molecule is Cn1cnnc1S(=O)(=O)C1CCN(S(=O)(=O)c2ccc(-c3ccc(Cl)cc3)cc2)CC1. The fraction of sp³-hybridized carbons (Fsp3) is 0.300. The largest absolute Gasteiger partial charge is 0.308 e. The molecule has 1 fully saturated rings. The summed E-state index contributed by atoms with van der Waals surface area (Å²) in [4.78, 5) is 0.180. The molecule has 0 bridgehead atoms. The molecule has 1 aliphatic heterocycles. The highest BCUT2D eigenvalue weighted by atomic mass is 35.5. The van der Waals surface area contributed by atoms with Crippen LogP contribution in [0.1, 0.15) is 12.8 Å². The van der Waals surface area contributed by atoms with Crippen molar-refractivity contribution in [1.82, 2.24) is 19.1 Å². The van der Waals surface area contributed by atoms with E-state index in [0.29, 0.717) is 5.02 Å². The molecule has 0 unspecified atom stereocenters. The van der Waals surface area contributed by atoms with Gasteiger partial charge in [0.25, 0.3) is 0 Å². The van der Waals surface area contributed by atoms with Gasteiger partial charge in [-0.2, -0.15) is 4.31 Å². The predicted octanol–water partition coefficient (Wildman–Crippen LogP) is 2.76. The zero-order valence-corrected chi connectivity index (χ0v) is 19.1. The second-order valence-electron chi connectivity index (χ2n) is 7.40. The average molecular weight is 481 g/mol. The molecule has 31 heavy (non-hydrogen) atoms. The van der Waals surface area contributed by atoms with Crippen LogP contribution < -0.4 is 0 Å². The second kappa shape index (κ2) is 8.34. The lowest BCUT2D eigenvalue weighted by Crippen LogP contribution is -2.42. The van der Waals surface area contributed by atoms with Crippen molar-refractivity contribution >= 4 is 31.5 Å². The highest BCUT2D eigenvalue weighted by Gasteiger charge is 2.37. The van der Waals surface area contributed by atoms with Crippen LogP contribution in [-0.4, -0.2) is 54.2 Å². The van der Waals surface area contributed by atoms with Gasteiger partial charge in [0.05, 0.1) is 10.1 Å². The van der Waals surface area contributed by atoms with Gasteiger partial charge in [-0.05, 0) is 48.2 Å². The van der Waals surface area contributed by atoms with Crippen molar-refractivity contribution in [2.45, 2.75) is 28.1 Å². The molecule has 0 saturated carbocycles. The number of benzene rings is 2. The van der Waals surface area contributed by atoms with E-state index in [-0.39, 0.29) is 36.0 Å². The number of rotatable bonds is 5. The summed E-state index contributed by atoms with van der Waals surface area (Å²) in [6.07, 6.45) is 1.74. The third-order valence-electron chi connectivity index (χ3n) is 5.43. The predicted molar refractivity (Wildman–Crippen MR) is 117 cm³/mol. The van der Waals surface area contributed by atoms with E-state index in [2.05, 4.69) is 10.2 Å². The van der Waals surface area contributed by atoms with Crippen molar-refractivity contribution in [3.05, 3.63) is 59.9 Å². The molecule has 0 N–H and O–H groups in total. The Bertz CT molecular complexity index is 1280. The van der Waals surface area contributed by atoms with Crippen LogP contribution in [-0.2, 0) is 26.9 Å². The van der Waals surface area contributed by atoms with Crippen molar-refractivity contribution in [3.8, 4) is 11.1 Å². The fourth-order valence-corrected chi connectivity index (χ4v) is 7.01. The topological polar surface area (TPSA) is 102 Å². The van der Waals surface area contributed by atoms with E-state index >= 15 is 0 Å². The first-order valence-corrected chi connectivity index (χ1v) is 13.0. The number of halogens is 1. The number of piperidine rings is 1. The molecule has 1 aromatic heterocycles. The molecule has 3 aromatic rings. The van der Waals surface area contributed by atoms with Gasteiger partial charge in [-0.3, -0.25) is 0 Å². The van der Waals surface area contributed by atoms with Crippen molar-refractivity contribution in [3.63, 3.8) is 0 Å². The molecule has 1 aliphatic rings. The van der Waals surface area contributed by atoms with Gasteiger partial charge in [0.2, 0.25) is 25.0 Å². The number of sulfonamides is 1. The Balaban J connectivity index is 1.48. The lowest BCUT2D eigenvalue weighted by molar-refractivity contribution is 0.344. The van der Waals surface area contributed by atoms with Gasteiger partial charge in [0, 0.05) is 25.2 Å². The van der Waals surface area contributed by atoms with Crippen molar-refractivity contribution < 1.29 is 16.8 Å². The first-order chi connectivity index (χ1) is 14.7. The number of nitrogens with zero attached hydrogens (tertiary/aromatic N) is 4. The Kier molecular flexibility index (Phi) is 5.91. The Morgan fingerprint density at radius 1 is 0.903 bits per heavy atom. The van der Waals surface area contributed by atoms with Gasteiger partial charge in [-0.1, -0.05) is 35.9 Å². The molecule has 0 spiro atoms. The minimum absolute atomic E-state index is 0.0911. The van der Waals surface area contributed by atoms with Crippen LogP contribution in [0.25, 0.3) is 11.1 Å². The standard InChI is InChI=1S/C20H21ClN4O4S2/c1-24-14-22-23-20(24)30(26,27)18-10-12-25(13-11-18)31(28,29)19-8-4-16(5-9-19)15-2-6-17(21)7-3-15/h2-9,14,18H,10-13H2,1H3. The van der Waals surface area contributed by atoms with Crippen molar-refractivity contribution in [1.29, 1.82) is 0 Å². The van der Waals surface area contributed by atoms with E-state index in [4.69, 9.17) is 11.6 Å². The zero-order valence-electron chi connectivity index (χ0n) is 16.7. The molecule has 0 amide bonds. The second-order valence-corrected chi connectivity index (χ2v) is 11.9. The normalized spacial score (nSPS) is 16.5. The maximum Gasteiger partial charge on any atom is 0.249 e. The first-order valence-electron chi connectivity index (χ1n) is 9.63. The Labute approximate surface area is 186 Å². The maximum atomic E-state index is 13.1. The third kappa shape index (κ3) is 4.25. The maximum absolute atomic E-state index is 13.1. The van der Waals surface area contributed by atoms with Gasteiger partial charge in [-0.25, -0.2) is 16.8 Å². The summed E-state index contributed by atoms with van der Waals surface area (Å²) in [5, 5.41) is 7.19. The summed E-state index contributed by atoms with van der Waals surface area (Å²) < 4.78 is 54.4. The summed E-state index contributed by atoms with van der Waals surface area (Å²) in [6, 6.07) is 13.9. The van der Waals surface area contributed by atoms with E-state index in [9.17, 15) is 16.8 Å². The molecule has 1 saturated heterocycles. The monoisotopic (exact) mass is 480 g/mol. The lowest BCUT2D eigenvalue weighted by Gasteiger charge is -2.30. The van der Waals surface area contributed by atoms with E-state index in [1.165, 1.54) is 15.2 Å². The molecule has 0 atom stereocenters. The molecule has 0 aliphatic carbocycles.